The third-order valence-corrected chi connectivity index (χ3v) is 4.35. The quantitative estimate of drug-likeness (QED) is 0.806. The number of ether oxygens (including phenoxy) is 1. The molecule has 1 aromatic rings. The second-order valence-corrected chi connectivity index (χ2v) is 6.23. The lowest BCUT2D eigenvalue weighted by atomic mass is 9.93. The van der Waals surface area contributed by atoms with Gasteiger partial charge in [0.15, 0.2) is 0 Å². The fourth-order valence-corrected chi connectivity index (χ4v) is 2.69. The summed E-state index contributed by atoms with van der Waals surface area (Å²) in [6.07, 6.45) is 4.15. The second-order valence-electron chi connectivity index (χ2n) is 6.23. The average molecular weight is 292 g/mol. The molecule has 4 nitrogen and oxygen atoms in total. The van der Waals surface area contributed by atoms with Gasteiger partial charge in [-0.05, 0) is 62.3 Å². The van der Waals surface area contributed by atoms with Crippen molar-refractivity contribution in [3.8, 4) is 5.75 Å². The minimum Gasteiger partial charge on any atom is -0.491 e. The highest BCUT2D eigenvalue weighted by molar-refractivity contribution is 5.86. The van der Waals surface area contributed by atoms with Crippen molar-refractivity contribution in [2.24, 2.45) is 11.7 Å². The van der Waals surface area contributed by atoms with Gasteiger partial charge in [-0.2, -0.15) is 0 Å². The first kappa shape index (κ1) is 14.3. The zero-order valence-electron chi connectivity index (χ0n) is 12.2. The van der Waals surface area contributed by atoms with Crippen LogP contribution < -0.4 is 15.8 Å². The van der Waals surface area contributed by atoms with E-state index in [-0.39, 0.29) is 24.2 Å². The van der Waals surface area contributed by atoms with Gasteiger partial charge >= 0.3 is 0 Å². The lowest BCUT2D eigenvalue weighted by Crippen LogP contribution is -2.61. The summed E-state index contributed by atoms with van der Waals surface area (Å²) in [5.74, 6) is 0.201. The molecule has 3 N–H and O–H groups in total. The lowest BCUT2D eigenvalue weighted by molar-refractivity contribution is -0.126. The van der Waals surface area contributed by atoms with Crippen molar-refractivity contribution in [2.45, 2.75) is 44.2 Å². The summed E-state index contributed by atoms with van der Waals surface area (Å²) >= 11 is 0. The number of hydrogen-bond acceptors (Lipinski definition) is 3. The molecule has 0 spiro atoms. The summed E-state index contributed by atoms with van der Waals surface area (Å²) in [6.45, 7) is 1.89. The minimum absolute atomic E-state index is 0.203. The van der Waals surface area contributed by atoms with E-state index >= 15 is 0 Å². The molecule has 0 aromatic heterocycles. The summed E-state index contributed by atoms with van der Waals surface area (Å²) < 4.78 is 19.0. The monoisotopic (exact) mass is 292 g/mol. The van der Waals surface area contributed by atoms with Gasteiger partial charge in [0.2, 0.25) is 5.91 Å². The van der Waals surface area contributed by atoms with Crippen LogP contribution in [0.5, 0.6) is 5.75 Å². The summed E-state index contributed by atoms with van der Waals surface area (Å²) in [6, 6.07) is 4.97. The van der Waals surface area contributed by atoms with Gasteiger partial charge in [0, 0.05) is 6.04 Å². The van der Waals surface area contributed by atoms with Gasteiger partial charge in [0.25, 0.3) is 0 Å². The average Bonchev–Trinajstić information content (AvgIpc) is 3.31. The van der Waals surface area contributed by atoms with Crippen LogP contribution in [0.15, 0.2) is 18.2 Å². The first-order valence-electron chi connectivity index (χ1n) is 7.48. The molecule has 1 amide bonds. The number of carbonyl (C=O) groups excluding carboxylic acids is 1. The molecule has 1 aromatic carbocycles. The number of rotatable bonds is 7. The predicted molar refractivity (Wildman–Crippen MR) is 77.4 cm³/mol. The maximum atomic E-state index is 13.3. The standard InChI is InChI=1S/C16H21FN2O2/c1-10-8-13(6-7-14(10)17)21-9-16(15(18)20,11-2-3-11)19-12-4-5-12/h6-8,11-12,19H,2-5,9H2,1H3,(H2,18,20). The Balaban J connectivity index is 1.74. The van der Waals surface area contributed by atoms with Gasteiger partial charge in [-0.1, -0.05) is 0 Å². The molecule has 5 heteroatoms. The van der Waals surface area contributed by atoms with Crippen LogP contribution in [0.3, 0.4) is 0 Å². The van der Waals surface area contributed by atoms with Crippen molar-refractivity contribution in [1.82, 2.24) is 5.32 Å². The van der Waals surface area contributed by atoms with E-state index in [9.17, 15) is 9.18 Å². The van der Waals surface area contributed by atoms with Gasteiger partial charge in [-0.15, -0.1) is 0 Å². The molecular formula is C16H21FN2O2. The molecule has 0 saturated heterocycles. The Morgan fingerprint density at radius 3 is 2.67 bits per heavy atom. The summed E-state index contributed by atoms with van der Waals surface area (Å²) in [5.41, 5.74) is 5.40. The van der Waals surface area contributed by atoms with Crippen LogP contribution in [0.4, 0.5) is 4.39 Å². The van der Waals surface area contributed by atoms with E-state index in [1.54, 1.807) is 19.1 Å². The highest BCUT2D eigenvalue weighted by Gasteiger charge is 2.52. The Hall–Kier alpha value is -1.62. The molecule has 114 valence electrons. The predicted octanol–water partition coefficient (Wildman–Crippen LogP) is 1.90. The minimum atomic E-state index is -0.788. The van der Waals surface area contributed by atoms with E-state index < -0.39 is 5.54 Å². The number of nitrogens with two attached hydrogens (primary N) is 1. The highest BCUT2D eigenvalue weighted by atomic mass is 19.1. The number of carbonyl (C=O) groups is 1. The normalized spacial score (nSPS) is 20.9. The first-order chi connectivity index (χ1) is 10.0. The molecule has 1 unspecified atom stereocenters. The van der Waals surface area contributed by atoms with Gasteiger partial charge in [0.05, 0.1) is 0 Å². The van der Waals surface area contributed by atoms with Crippen LogP contribution in [0.1, 0.15) is 31.2 Å². The highest BCUT2D eigenvalue weighted by Crippen LogP contribution is 2.42. The third-order valence-electron chi connectivity index (χ3n) is 4.35. The molecule has 3 rings (SSSR count). The fourth-order valence-electron chi connectivity index (χ4n) is 2.69. The van der Waals surface area contributed by atoms with E-state index in [4.69, 9.17) is 10.5 Å². The van der Waals surface area contributed by atoms with E-state index in [1.807, 2.05) is 0 Å². The maximum absolute atomic E-state index is 13.3. The SMILES string of the molecule is Cc1cc(OCC(NC2CC2)(C(N)=O)C2CC2)ccc1F. The molecule has 2 saturated carbocycles. The molecule has 0 bridgehead atoms. The Morgan fingerprint density at radius 1 is 1.43 bits per heavy atom. The summed E-state index contributed by atoms with van der Waals surface area (Å²) in [4.78, 5) is 12.0. The molecule has 0 heterocycles. The molecule has 2 fully saturated rings. The van der Waals surface area contributed by atoms with Gasteiger partial charge in [0.1, 0.15) is 23.7 Å². The van der Waals surface area contributed by atoms with Crippen molar-refractivity contribution in [3.63, 3.8) is 0 Å². The number of benzene rings is 1. The zero-order valence-corrected chi connectivity index (χ0v) is 12.2. The molecular weight excluding hydrogens is 271 g/mol. The van der Waals surface area contributed by atoms with Crippen LogP contribution in [0.2, 0.25) is 0 Å². The molecule has 0 radical (unpaired) electrons. The third kappa shape index (κ3) is 3.02. The maximum Gasteiger partial charge on any atom is 0.241 e. The molecule has 2 aliphatic rings. The van der Waals surface area contributed by atoms with E-state index in [0.29, 0.717) is 17.4 Å². The van der Waals surface area contributed by atoms with Crippen molar-refractivity contribution in [2.75, 3.05) is 6.61 Å². The number of amides is 1. The van der Waals surface area contributed by atoms with E-state index in [2.05, 4.69) is 5.32 Å². The van der Waals surface area contributed by atoms with Gasteiger partial charge in [-0.25, -0.2) is 4.39 Å². The fraction of sp³-hybridized carbons (Fsp3) is 0.562. The van der Waals surface area contributed by atoms with Crippen molar-refractivity contribution < 1.29 is 13.9 Å². The Labute approximate surface area is 123 Å². The van der Waals surface area contributed by atoms with Crippen LogP contribution in [-0.2, 0) is 4.79 Å². The van der Waals surface area contributed by atoms with Crippen LogP contribution in [0.25, 0.3) is 0 Å². The smallest absolute Gasteiger partial charge is 0.241 e. The Morgan fingerprint density at radius 2 is 2.14 bits per heavy atom. The largest absolute Gasteiger partial charge is 0.491 e. The second kappa shape index (κ2) is 5.30. The molecule has 21 heavy (non-hydrogen) atoms. The van der Waals surface area contributed by atoms with Gasteiger partial charge < -0.3 is 10.5 Å². The Kier molecular flexibility index (Phi) is 3.61. The topological polar surface area (TPSA) is 64.3 Å². The number of nitrogens with one attached hydrogen (secondary N) is 1. The van der Waals surface area contributed by atoms with Crippen LogP contribution in [0, 0.1) is 18.7 Å². The number of aryl methyl sites for hydroxylation is 1. The summed E-state index contributed by atoms with van der Waals surface area (Å²) in [7, 11) is 0. The number of primary amides is 1. The van der Waals surface area contributed by atoms with E-state index in [1.165, 1.54) is 6.07 Å². The first-order valence-corrected chi connectivity index (χ1v) is 7.48. The zero-order chi connectivity index (χ0) is 15.0. The van der Waals surface area contributed by atoms with Crippen LogP contribution >= 0.6 is 0 Å². The van der Waals surface area contributed by atoms with Crippen molar-refractivity contribution in [3.05, 3.63) is 29.6 Å². The lowest BCUT2D eigenvalue weighted by Gasteiger charge is -2.32. The van der Waals surface area contributed by atoms with Crippen molar-refractivity contribution >= 4 is 5.91 Å². The molecule has 2 aliphatic carbocycles. The summed E-state index contributed by atoms with van der Waals surface area (Å²) in [5, 5.41) is 3.39. The molecule has 1 atom stereocenters. The van der Waals surface area contributed by atoms with E-state index in [0.717, 1.165) is 25.7 Å². The Bertz CT molecular complexity index is 555. The van der Waals surface area contributed by atoms with Crippen molar-refractivity contribution in [1.29, 1.82) is 0 Å². The van der Waals surface area contributed by atoms with Crippen LogP contribution in [-0.4, -0.2) is 24.1 Å². The number of hydrogen-bond donors (Lipinski definition) is 2. The molecule has 0 aliphatic heterocycles. The van der Waals surface area contributed by atoms with Gasteiger partial charge in [-0.3, -0.25) is 10.1 Å². The number of halogens is 1.